The molecule has 1 amide bonds. The molecule has 1 atom stereocenters. The van der Waals surface area contributed by atoms with E-state index in [1.54, 1.807) is 0 Å². The summed E-state index contributed by atoms with van der Waals surface area (Å²) >= 11 is 0. The number of nitrogens with one attached hydrogen (secondary N) is 2. The van der Waals surface area contributed by atoms with Gasteiger partial charge in [0.25, 0.3) is 0 Å². The maximum atomic E-state index is 12.0. The molecule has 0 spiro atoms. The summed E-state index contributed by atoms with van der Waals surface area (Å²) in [4.78, 5) is 14.2. The lowest BCUT2D eigenvalue weighted by molar-refractivity contribution is -0.123. The van der Waals surface area contributed by atoms with Gasteiger partial charge in [0, 0.05) is 25.7 Å². The zero-order valence-electron chi connectivity index (χ0n) is 14.2. The Labute approximate surface area is 145 Å². The molecule has 23 heavy (non-hydrogen) atoms. The van der Waals surface area contributed by atoms with E-state index >= 15 is 0 Å². The highest BCUT2D eigenvalue weighted by atomic mass is 35.5. The molecular formula is C17H28ClN3O2. The summed E-state index contributed by atoms with van der Waals surface area (Å²) in [6.45, 7) is 10.5. The van der Waals surface area contributed by atoms with Crippen molar-refractivity contribution in [2.75, 3.05) is 39.3 Å². The zero-order valence-corrected chi connectivity index (χ0v) is 15.0. The molecule has 0 saturated carbocycles. The van der Waals surface area contributed by atoms with E-state index in [1.165, 1.54) is 0 Å². The van der Waals surface area contributed by atoms with Crippen LogP contribution in [-0.2, 0) is 4.79 Å². The van der Waals surface area contributed by atoms with Crippen LogP contribution in [0.25, 0.3) is 0 Å². The number of benzene rings is 1. The molecule has 1 aliphatic heterocycles. The first-order valence-electron chi connectivity index (χ1n) is 7.98. The Morgan fingerprint density at radius 3 is 2.74 bits per heavy atom. The number of ether oxygens (including phenoxy) is 1. The van der Waals surface area contributed by atoms with Crippen LogP contribution >= 0.6 is 12.4 Å². The number of para-hydroxylation sites is 1. The number of hydrogen-bond acceptors (Lipinski definition) is 4. The lowest BCUT2D eigenvalue weighted by Crippen LogP contribution is -2.52. The van der Waals surface area contributed by atoms with E-state index in [1.807, 2.05) is 32.0 Å². The Kier molecular flexibility index (Phi) is 8.37. The number of piperazine rings is 1. The minimum atomic E-state index is 0. The second-order valence-corrected chi connectivity index (χ2v) is 5.94. The van der Waals surface area contributed by atoms with Crippen molar-refractivity contribution < 1.29 is 9.53 Å². The van der Waals surface area contributed by atoms with Crippen LogP contribution in [0.4, 0.5) is 0 Å². The minimum Gasteiger partial charge on any atom is -0.491 e. The largest absolute Gasteiger partial charge is 0.491 e. The van der Waals surface area contributed by atoms with Gasteiger partial charge in [-0.3, -0.25) is 9.69 Å². The molecular weight excluding hydrogens is 314 g/mol. The Bertz CT molecular complexity index is 490. The van der Waals surface area contributed by atoms with E-state index in [4.69, 9.17) is 4.74 Å². The maximum Gasteiger partial charge on any atom is 0.234 e. The van der Waals surface area contributed by atoms with Crippen LogP contribution in [0.3, 0.4) is 0 Å². The van der Waals surface area contributed by atoms with E-state index in [0.717, 1.165) is 36.5 Å². The summed E-state index contributed by atoms with van der Waals surface area (Å²) < 4.78 is 5.79. The summed E-state index contributed by atoms with van der Waals surface area (Å²) in [7, 11) is 0. The summed E-state index contributed by atoms with van der Waals surface area (Å²) in [5, 5.41) is 6.26. The fourth-order valence-corrected chi connectivity index (χ4v) is 2.73. The van der Waals surface area contributed by atoms with Gasteiger partial charge in [0.2, 0.25) is 5.91 Å². The van der Waals surface area contributed by atoms with E-state index in [2.05, 4.69) is 22.5 Å². The van der Waals surface area contributed by atoms with Crippen LogP contribution in [0, 0.1) is 13.8 Å². The van der Waals surface area contributed by atoms with Crippen molar-refractivity contribution >= 4 is 18.3 Å². The molecule has 2 N–H and O–H groups in total. The second kappa shape index (κ2) is 9.75. The first-order valence-corrected chi connectivity index (χ1v) is 7.98. The number of hydrogen-bond donors (Lipinski definition) is 2. The lowest BCUT2D eigenvalue weighted by atomic mass is 10.1. The number of carbonyl (C=O) groups is 1. The van der Waals surface area contributed by atoms with Gasteiger partial charge >= 0.3 is 0 Å². The van der Waals surface area contributed by atoms with Gasteiger partial charge < -0.3 is 15.4 Å². The SMILES string of the molecule is Cc1cccc(C)c1OCCNC(=O)CN1CCNC[C@H]1C.Cl. The monoisotopic (exact) mass is 341 g/mol. The molecule has 0 aliphatic carbocycles. The molecule has 6 heteroatoms. The fourth-order valence-electron chi connectivity index (χ4n) is 2.73. The normalized spacial score (nSPS) is 18.1. The average molecular weight is 342 g/mol. The topological polar surface area (TPSA) is 53.6 Å². The quantitative estimate of drug-likeness (QED) is 0.770. The Morgan fingerprint density at radius 2 is 2.09 bits per heavy atom. The molecule has 1 fully saturated rings. The molecule has 1 heterocycles. The third kappa shape index (κ3) is 6.01. The van der Waals surface area contributed by atoms with E-state index in [-0.39, 0.29) is 18.3 Å². The average Bonchev–Trinajstić information content (AvgIpc) is 2.48. The number of aryl methyl sites for hydroxylation is 2. The molecule has 1 aromatic rings. The predicted octanol–water partition coefficient (Wildman–Crippen LogP) is 1.51. The number of halogens is 1. The highest BCUT2D eigenvalue weighted by Crippen LogP contribution is 2.21. The smallest absolute Gasteiger partial charge is 0.234 e. The van der Waals surface area contributed by atoms with Gasteiger partial charge in [0.1, 0.15) is 12.4 Å². The molecule has 2 rings (SSSR count). The van der Waals surface area contributed by atoms with Gasteiger partial charge in [-0.1, -0.05) is 18.2 Å². The second-order valence-electron chi connectivity index (χ2n) is 5.94. The van der Waals surface area contributed by atoms with Gasteiger partial charge in [-0.25, -0.2) is 0 Å². The minimum absolute atomic E-state index is 0. The Balaban J connectivity index is 0.00000264. The Morgan fingerprint density at radius 1 is 1.39 bits per heavy atom. The van der Waals surface area contributed by atoms with E-state index < -0.39 is 0 Å². The third-order valence-electron chi connectivity index (χ3n) is 4.06. The van der Waals surface area contributed by atoms with Gasteiger partial charge in [-0.15, -0.1) is 12.4 Å². The molecule has 1 aliphatic rings. The lowest BCUT2D eigenvalue weighted by Gasteiger charge is -2.33. The van der Waals surface area contributed by atoms with Gasteiger partial charge in [-0.2, -0.15) is 0 Å². The highest BCUT2D eigenvalue weighted by molar-refractivity contribution is 5.85. The first kappa shape index (κ1) is 19.7. The van der Waals surface area contributed by atoms with Gasteiger partial charge in [-0.05, 0) is 31.9 Å². The molecule has 0 radical (unpaired) electrons. The fraction of sp³-hybridized carbons (Fsp3) is 0.588. The number of carbonyl (C=O) groups excluding carboxylic acids is 1. The molecule has 1 aromatic carbocycles. The van der Waals surface area contributed by atoms with Crippen molar-refractivity contribution in [3.8, 4) is 5.75 Å². The standard InChI is InChI=1S/C17H27N3O2.ClH/c1-13-5-4-6-14(2)17(13)22-10-8-19-16(21)12-20-9-7-18-11-15(20)3;/h4-6,15,18H,7-12H2,1-3H3,(H,19,21);1H/t15-;/m1./s1. The summed E-state index contributed by atoms with van der Waals surface area (Å²) in [6.07, 6.45) is 0. The van der Waals surface area contributed by atoms with Crippen LogP contribution in [0.15, 0.2) is 18.2 Å². The molecule has 5 nitrogen and oxygen atoms in total. The van der Waals surface area contributed by atoms with E-state index in [0.29, 0.717) is 25.7 Å². The van der Waals surface area contributed by atoms with Crippen molar-refractivity contribution in [3.05, 3.63) is 29.3 Å². The molecule has 0 unspecified atom stereocenters. The zero-order chi connectivity index (χ0) is 15.9. The Hall–Kier alpha value is -1.30. The first-order chi connectivity index (χ1) is 10.6. The van der Waals surface area contributed by atoms with Crippen molar-refractivity contribution in [3.63, 3.8) is 0 Å². The number of rotatable bonds is 6. The summed E-state index contributed by atoms with van der Waals surface area (Å²) in [5.41, 5.74) is 2.25. The van der Waals surface area contributed by atoms with Gasteiger partial charge in [0.05, 0.1) is 13.1 Å². The maximum absolute atomic E-state index is 12.0. The van der Waals surface area contributed by atoms with Crippen LogP contribution in [0.5, 0.6) is 5.75 Å². The van der Waals surface area contributed by atoms with Crippen LogP contribution in [-0.4, -0.2) is 56.2 Å². The highest BCUT2D eigenvalue weighted by Gasteiger charge is 2.19. The number of nitrogens with zero attached hydrogens (tertiary/aromatic N) is 1. The number of amides is 1. The summed E-state index contributed by atoms with van der Waals surface area (Å²) in [5.74, 6) is 0.992. The predicted molar refractivity (Wildman–Crippen MR) is 95.6 cm³/mol. The molecule has 0 aromatic heterocycles. The van der Waals surface area contributed by atoms with Crippen LogP contribution in [0.1, 0.15) is 18.1 Å². The van der Waals surface area contributed by atoms with Crippen molar-refractivity contribution in [2.45, 2.75) is 26.8 Å². The van der Waals surface area contributed by atoms with Crippen molar-refractivity contribution in [1.82, 2.24) is 15.5 Å². The van der Waals surface area contributed by atoms with Crippen molar-refractivity contribution in [1.29, 1.82) is 0 Å². The van der Waals surface area contributed by atoms with Crippen LogP contribution in [0.2, 0.25) is 0 Å². The molecule has 130 valence electrons. The van der Waals surface area contributed by atoms with Crippen molar-refractivity contribution in [2.24, 2.45) is 0 Å². The van der Waals surface area contributed by atoms with Gasteiger partial charge in [0.15, 0.2) is 0 Å². The molecule has 0 bridgehead atoms. The summed E-state index contributed by atoms with van der Waals surface area (Å²) in [6, 6.07) is 6.50. The van der Waals surface area contributed by atoms with E-state index in [9.17, 15) is 4.79 Å². The third-order valence-corrected chi connectivity index (χ3v) is 4.06. The molecule has 1 saturated heterocycles. The van der Waals surface area contributed by atoms with Crippen LogP contribution < -0.4 is 15.4 Å².